The van der Waals surface area contributed by atoms with Crippen LogP contribution >= 0.6 is 0 Å². The number of cyclic esters (lactones) is 1. The molecule has 0 aromatic carbocycles. The van der Waals surface area contributed by atoms with Gasteiger partial charge in [0, 0.05) is 19.6 Å². The molecular formula is C10H20N2O3. The molecule has 0 unspecified atom stereocenters. The molecule has 0 saturated carbocycles. The fourth-order valence-electron chi connectivity index (χ4n) is 1.50. The maximum absolute atomic E-state index is 11.1. The molecule has 1 atom stereocenters. The summed E-state index contributed by atoms with van der Waals surface area (Å²) in [6.07, 6.45) is 0.260. The lowest BCUT2D eigenvalue weighted by Crippen LogP contribution is -2.37. The van der Waals surface area contributed by atoms with Crippen molar-refractivity contribution in [2.75, 3.05) is 39.8 Å². The van der Waals surface area contributed by atoms with Gasteiger partial charge in [-0.1, -0.05) is 6.92 Å². The second kappa shape index (κ2) is 5.92. The van der Waals surface area contributed by atoms with Crippen LogP contribution in [-0.2, 0) is 4.74 Å². The van der Waals surface area contributed by atoms with E-state index in [0.29, 0.717) is 26.2 Å². The number of hydrogen-bond donors (Lipinski definition) is 1. The molecule has 1 aliphatic heterocycles. The number of amides is 1. The number of ether oxygens (including phenoxy) is 1. The Morgan fingerprint density at radius 2 is 2.40 bits per heavy atom. The van der Waals surface area contributed by atoms with Crippen molar-refractivity contribution in [1.29, 1.82) is 0 Å². The molecule has 15 heavy (non-hydrogen) atoms. The smallest absolute Gasteiger partial charge is 0.409 e. The Bertz CT molecular complexity index is 211. The van der Waals surface area contributed by atoms with E-state index in [1.807, 2.05) is 18.9 Å². The molecule has 1 heterocycles. The number of aliphatic hydroxyl groups excluding tert-OH is 1. The highest BCUT2D eigenvalue weighted by Crippen LogP contribution is 2.03. The Kier molecular flexibility index (Phi) is 4.84. The second-order valence-electron chi connectivity index (χ2n) is 3.93. The van der Waals surface area contributed by atoms with E-state index in [4.69, 9.17) is 4.74 Å². The molecule has 1 amide bonds. The van der Waals surface area contributed by atoms with E-state index in [0.717, 1.165) is 13.0 Å². The largest absolute Gasteiger partial charge is 0.448 e. The van der Waals surface area contributed by atoms with Crippen molar-refractivity contribution in [1.82, 2.24) is 9.80 Å². The molecule has 0 bridgehead atoms. The summed E-state index contributed by atoms with van der Waals surface area (Å²) in [5.41, 5.74) is 0. The Balaban J connectivity index is 2.16. The fourth-order valence-corrected chi connectivity index (χ4v) is 1.50. The minimum Gasteiger partial charge on any atom is -0.448 e. The quantitative estimate of drug-likeness (QED) is 0.686. The minimum absolute atomic E-state index is 0.223. The Hall–Kier alpha value is -0.810. The van der Waals surface area contributed by atoms with Gasteiger partial charge in [0.15, 0.2) is 0 Å². The van der Waals surface area contributed by atoms with Gasteiger partial charge in [0.1, 0.15) is 6.61 Å². The number of nitrogens with zero attached hydrogens (tertiary/aromatic N) is 2. The third-order valence-corrected chi connectivity index (χ3v) is 2.59. The lowest BCUT2D eigenvalue weighted by atomic mass is 10.2. The molecule has 0 radical (unpaired) electrons. The summed E-state index contributed by atoms with van der Waals surface area (Å²) >= 11 is 0. The molecule has 0 aromatic rings. The minimum atomic E-state index is -0.277. The predicted octanol–water partition coefficient (Wildman–Crippen LogP) is 0.141. The molecule has 88 valence electrons. The SMILES string of the molecule is CC[C@@H](O)CN(C)CCN1CCOC1=O. The molecular weight excluding hydrogens is 196 g/mol. The van der Waals surface area contributed by atoms with E-state index in [1.165, 1.54) is 0 Å². The third kappa shape index (κ3) is 4.05. The molecule has 1 rings (SSSR count). The van der Waals surface area contributed by atoms with Gasteiger partial charge in [-0.3, -0.25) is 0 Å². The van der Waals surface area contributed by atoms with Crippen molar-refractivity contribution in [3.63, 3.8) is 0 Å². The number of hydrogen-bond acceptors (Lipinski definition) is 4. The zero-order valence-electron chi connectivity index (χ0n) is 9.48. The van der Waals surface area contributed by atoms with Crippen LogP contribution in [-0.4, -0.2) is 66.9 Å². The van der Waals surface area contributed by atoms with Crippen LogP contribution in [0, 0.1) is 0 Å². The molecule has 0 aliphatic carbocycles. The molecule has 5 heteroatoms. The molecule has 5 nitrogen and oxygen atoms in total. The maximum atomic E-state index is 11.1. The van der Waals surface area contributed by atoms with Crippen LogP contribution in [0.5, 0.6) is 0 Å². The molecule has 1 N–H and O–H groups in total. The third-order valence-electron chi connectivity index (χ3n) is 2.59. The first-order chi connectivity index (χ1) is 7.13. The molecule has 1 saturated heterocycles. The van der Waals surface area contributed by atoms with Gasteiger partial charge in [-0.25, -0.2) is 4.79 Å². The molecule has 0 aromatic heterocycles. The number of aliphatic hydroxyl groups is 1. The van der Waals surface area contributed by atoms with Crippen molar-refractivity contribution >= 4 is 6.09 Å². The normalized spacial score (nSPS) is 18.4. The zero-order valence-corrected chi connectivity index (χ0v) is 9.48. The highest BCUT2D eigenvalue weighted by molar-refractivity contribution is 5.69. The van der Waals surface area contributed by atoms with Gasteiger partial charge in [-0.15, -0.1) is 0 Å². The van der Waals surface area contributed by atoms with Gasteiger partial charge in [-0.2, -0.15) is 0 Å². The summed E-state index contributed by atoms with van der Waals surface area (Å²) in [5, 5.41) is 9.43. The van der Waals surface area contributed by atoms with Crippen LogP contribution in [0.4, 0.5) is 4.79 Å². The summed E-state index contributed by atoms with van der Waals surface area (Å²) in [5.74, 6) is 0. The van der Waals surface area contributed by atoms with E-state index in [2.05, 4.69) is 0 Å². The van der Waals surface area contributed by atoms with Crippen LogP contribution in [0.25, 0.3) is 0 Å². The Labute approximate surface area is 90.6 Å². The lowest BCUT2D eigenvalue weighted by Gasteiger charge is -2.22. The van der Waals surface area contributed by atoms with Crippen LogP contribution in [0.15, 0.2) is 0 Å². The van der Waals surface area contributed by atoms with Crippen molar-refractivity contribution in [2.24, 2.45) is 0 Å². The monoisotopic (exact) mass is 216 g/mol. The summed E-state index contributed by atoms with van der Waals surface area (Å²) < 4.78 is 4.82. The van der Waals surface area contributed by atoms with E-state index >= 15 is 0 Å². The lowest BCUT2D eigenvalue weighted by molar-refractivity contribution is 0.116. The highest BCUT2D eigenvalue weighted by Gasteiger charge is 2.21. The molecule has 1 fully saturated rings. The van der Waals surface area contributed by atoms with Gasteiger partial charge in [-0.05, 0) is 13.5 Å². The van der Waals surface area contributed by atoms with E-state index < -0.39 is 0 Å². The van der Waals surface area contributed by atoms with Gasteiger partial charge in [0.25, 0.3) is 0 Å². The summed E-state index contributed by atoms with van der Waals surface area (Å²) in [7, 11) is 1.94. The summed E-state index contributed by atoms with van der Waals surface area (Å²) in [6.45, 7) is 5.23. The van der Waals surface area contributed by atoms with Crippen LogP contribution < -0.4 is 0 Å². The maximum Gasteiger partial charge on any atom is 0.409 e. The van der Waals surface area contributed by atoms with Crippen molar-refractivity contribution in [3.05, 3.63) is 0 Å². The fraction of sp³-hybridized carbons (Fsp3) is 0.900. The number of carbonyl (C=O) groups excluding carboxylic acids is 1. The Morgan fingerprint density at radius 1 is 1.67 bits per heavy atom. The first-order valence-electron chi connectivity index (χ1n) is 5.41. The number of carbonyl (C=O) groups is 1. The van der Waals surface area contributed by atoms with E-state index in [9.17, 15) is 9.90 Å². The topological polar surface area (TPSA) is 53.0 Å². The van der Waals surface area contributed by atoms with Crippen molar-refractivity contribution in [3.8, 4) is 0 Å². The van der Waals surface area contributed by atoms with Crippen molar-refractivity contribution < 1.29 is 14.6 Å². The Morgan fingerprint density at radius 3 is 2.93 bits per heavy atom. The van der Waals surface area contributed by atoms with Crippen LogP contribution in [0.1, 0.15) is 13.3 Å². The van der Waals surface area contributed by atoms with Crippen molar-refractivity contribution in [2.45, 2.75) is 19.4 Å². The number of rotatable bonds is 6. The van der Waals surface area contributed by atoms with E-state index in [1.54, 1.807) is 4.90 Å². The van der Waals surface area contributed by atoms with E-state index in [-0.39, 0.29) is 12.2 Å². The number of likely N-dealkylation sites (N-methyl/N-ethyl adjacent to an activating group) is 1. The van der Waals surface area contributed by atoms with Gasteiger partial charge < -0.3 is 19.6 Å². The highest BCUT2D eigenvalue weighted by atomic mass is 16.6. The van der Waals surface area contributed by atoms with Gasteiger partial charge in [0.2, 0.25) is 0 Å². The predicted molar refractivity (Wildman–Crippen MR) is 56.7 cm³/mol. The van der Waals surface area contributed by atoms with Crippen LogP contribution in [0.2, 0.25) is 0 Å². The molecule has 0 spiro atoms. The molecule has 1 aliphatic rings. The first-order valence-corrected chi connectivity index (χ1v) is 5.41. The average molecular weight is 216 g/mol. The summed E-state index contributed by atoms with van der Waals surface area (Å²) in [4.78, 5) is 14.8. The van der Waals surface area contributed by atoms with Gasteiger partial charge >= 0.3 is 6.09 Å². The average Bonchev–Trinajstić information content (AvgIpc) is 2.61. The first kappa shape index (κ1) is 12.3. The van der Waals surface area contributed by atoms with Gasteiger partial charge in [0.05, 0.1) is 12.6 Å². The summed E-state index contributed by atoms with van der Waals surface area (Å²) in [6, 6.07) is 0. The standard InChI is InChI=1S/C10H20N2O3/c1-3-9(13)8-11(2)4-5-12-6-7-15-10(12)14/h9,13H,3-8H2,1-2H3/t9-/m1/s1. The van der Waals surface area contributed by atoms with Crippen LogP contribution in [0.3, 0.4) is 0 Å². The zero-order chi connectivity index (χ0) is 11.3. The second-order valence-corrected chi connectivity index (χ2v) is 3.93.